The Morgan fingerprint density at radius 1 is 1.33 bits per heavy atom. The van der Waals surface area contributed by atoms with Gasteiger partial charge in [0.2, 0.25) is 11.8 Å². The molecule has 24 heavy (non-hydrogen) atoms. The van der Waals surface area contributed by atoms with Crippen LogP contribution in [0.15, 0.2) is 30.6 Å². The number of carbonyl (C=O) groups excluding carboxylic acids is 2. The summed E-state index contributed by atoms with van der Waals surface area (Å²) in [5.41, 5.74) is 0.792. The van der Waals surface area contributed by atoms with Crippen LogP contribution in [0.5, 0.6) is 0 Å². The first kappa shape index (κ1) is 16.4. The molecule has 3 rings (SSSR count). The van der Waals surface area contributed by atoms with Crippen molar-refractivity contribution in [2.75, 3.05) is 11.4 Å². The SMILES string of the molecule is O=C(CCCn1cnnn1)N[C@@H]1CC(=O)N(c2ccc(Cl)cc2)C1. The molecular weight excluding hydrogens is 332 g/mol. The van der Waals surface area contributed by atoms with Crippen LogP contribution in [-0.4, -0.2) is 44.6 Å². The first-order chi connectivity index (χ1) is 11.6. The highest BCUT2D eigenvalue weighted by molar-refractivity contribution is 6.30. The molecule has 0 unspecified atom stereocenters. The molecule has 1 aliphatic heterocycles. The van der Waals surface area contributed by atoms with Crippen molar-refractivity contribution >= 4 is 29.1 Å². The summed E-state index contributed by atoms with van der Waals surface area (Å²) in [6.07, 6.45) is 2.82. The molecule has 1 N–H and O–H groups in total. The van der Waals surface area contributed by atoms with Crippen LogP contribution in [0.2, 0.25) is 5.02 Å². The second-order valence-electron chi connectivity index (χ2n) is 5.63. The highest BCUT2D eigenvalue weighted by Gasteiger charge is 2.31. The first-order valence-electron chi connectivity index (χ1n) is 7.68. The van der Waals surface area contributed by atoms with Gasteiger partial charge in [-0.15, -0.1) is 5.10 Å². The summed E-state index contributed by atoms with van der Waals surface area (Å²) in [7, 11) is 0. The number of nitrogens with zero attached hydrogens (tertiary/aromatic N) is 5. The Morgan fingerprint density at radius 3 is 2.83 bits per heavy atom. The predicted octanol–water partition coefficient (Wildman–Crippen LogP) is 1.03. The average molecular weight is 349 g/mol. The summed E-state index contributed by atoms with van der Waals surface area (Å²) in [6, 6.07) is 6.92. The Kier molecular flexibility index (Phi) is 5.05. The van der Waals surface area contributed by atoms with Gasteiger partial charge >= 0.3 is 0 Å². The Morgan fingerprint density at radius 2 is 2.12 bits per heavy atom. The second kappa shape index (κ2) is 7.39. The van der Waals surface area contributed by atoms with E-state index in [-0.39, 0.29) is 17.9 Å². The third-order valence-corrected chi connectivity index (χ3v) is 4.06. The molecule has 1 fully saturated rings. The van der Waals surface area contributed by atoms with E-state index >= 15 is 0 Å². The number of halogens is 1. The van der Waals surface area contributed by atoms with E-state index in [2.05, 4.69) is 20.8 Å². The standard InChI is InChI=1S/C15H17ClN6O2/c16-11-3-5-13(6-4-11)22-9-12(8-15(22)24)18-14(23)2-1-7-21-10-17-19-20-21/h3-6,10,12H,1-2,7-9H2,(H,18,23)/t12-/m1/s1. The maximum atomic E-state index is 12.1. The van der Waals surface area contributed by atoms with Crippen molar-refractivity contribution in [3.05, 3.63) is 35.6 Å². The van der Waals surface area contributed by atoms with Gasteiger partial charge in [-0.1, -0.05) is 11.6 Å². The molecule has 2 heterocycles. The minimum absolute atomic E-state index is 0.00341. The number of carbonyl (C=O) groups is 2. The lowest BCUT2D eigenvalue weighted by atomic mass is 10.2. The highest BCUT2D eigenvalue weighted by Crippen LogP contribution is 2.23. The summed E-state index contributed by atoms with van der Waals surface area (Å²) >= 11 is 5.86. The number of tetrazole rings is 1. The highest BCUT2D eigenvalue weighted by atomic mass is 35.5. The van der Waals surface area contributed by atoms with Gasteiger partial charge in [0.15, 0.2) is 0 Å². The Hall–Kier alpha value is -2.48. The molecule has 0 bridgehead atoms. The number of nitrogens with one attached hydrogen (secondary N) is 1. The monoisotopic (exact) mass is 348 g/mol. The molecule has 1 atom stereocenters. The van der Waals surface area contributed by atoms with E-state index in [1.807, 2.05) is 0 Å². The lowest BCUT2D eigenvalue weighted by Gasteiger charge is -2.17. The molecule has 1 aliphatic rings. The summed E-state index contributed by atoms with van der Waals surface area (Å²) in [4.78, 5) is 25.8. The van der Waals surface area contributed by atoms with Crippen molar-refractivity contribution in [2.45, 2.75) is 31.8 Å². The topological polar surface area (TPSA) is 93.0 Å². The fourth-order valence-electron chi connectivity index (χ4n) is 2.66. The van der Waals surface area contributed by atoms with Gasteiger partial charge < -0.3 is 10.2 Å². The normalized spacial score (nSPS) is 17.3. The number of anilines is 1. The van der Waals surface area contributed by atoms with Gasteiger partial charge in [0.1, 0.15) is 6.33 Å². The van der Waals surface area contributed by atoms with Gasteiger partial charge in [0.05, 0.1) is 6.04 Å². The van der Waals surface area contributed by atoms with Gasteiger partial charge in [-0.05, 0) is 41.1 Å². The molecule has 1 saturated heterocycles. The molecule has 126 valence electrons. The summed E-state index contributed by atoms with van der Waals surface area (Å²) in [5.74, 6) is -0.0739. The van der Waals surface area contributed by atoms with Crippen molar-refractivity contribution in [3.63, 3.8) is 0 Å². The van der Waals surface area contributed by atoms with Gasteiger partial charge in [0, 0.05) is 36.6 Å². The third kappa shape index (κ3) is 4.08. The van der Waals surface area contributed by atoms with E-state index in [0.717, 1.165) is 5.69 Å². The van der Waals surface area contributed by atoms with Crippen LogP contribution in [0, 0.1) is 0 Å². The van der Waals surface area contributed by atoms with Crippen molar-refractivity contribution in [1.29, 1.82) is 0 Å². The number of rotatable bonds is 6. The molecule has 0 aliphatic carbocycles. The Labute approximate surface area is 143 Å². The molecule has 2 aromatic rings. The van der Waals surface area contributed by atoms with Gasteiger partial charge in [-0.25, -0.2) is 4.68 Å². The maximum Gasteiger partial charge on any atom is 0.229 e. The molecule has 0 spiro atoms. The van der Waals surface area contributed by atoms with Crippen molar-refractivity contribution in [2.24, 2.45) is 0 Å². The van der Waals surface area contributed by atoms with Crippen LogP contribution in [-0.2, 0) is 16.1 Å². The summed E-state index contributed by atoms with van der Waals surface area (Å²) in [6.45, 7) is 1.06. The minimum atomic E-state index is -0.172. The second-order valence-corrected chi connectivity index (χ2v) is 6.06. The molecule has 2 amide bonds. The van der Waals surface area contributed by atoms with Crippen LogP contribution >= 0.6 is 11.6 Å². The lowest BCUT2D eigenvalue weighted by molar-refractivity contribution is -0.121. The van der Waals surface area contributed by atoms with E-state index in [1.54, 1.807) is 33.8 Å². The van der Waals surface area contributed by atoms with Crippen molar-refractivity contribution < 1.29 is 9.59 Å². The van der Waals surface area contributed by atoms with E-state index in [0.29, 0.717) is 37.4 Å². The smallest absolute Gasteiger partial charge is 0.229 e. The van der Waals surface area contributed by atoms with E-state index in [4.69, 9.17) is 11.6 Å². The molecule has 9 heteroatoms. The fraction of sp³-hybridized carbons (Fsp3) is 0.400. The van der Waals surface area contributed by atoms with Gasteiger partial charge in [-0.3, -0.25) is 9.59 Å². The molecular formula is C15H17ClN6O2. The number of hydrogen-bond donors (Lipinski definition) is 1. The summed E-state index contributed by atoms with van der Waals surface area (Å²) < 4.78 is 1.58. The average Bonchev–Trinajstić information content (AvgIpc) is 3.18. The molecule has 8 nitrogen and oxygen atoms in total. The number of aryl methyl sites for hydroxylation is 1. The lowest BCUT2D eigenvalue weighted by Crippen LogP contribution is -2.37. The quantitative estimate of drug-likeness (QED) is 0.841. The van der Waals surface area contributed by atoms with Gasteiger partial charge in [0.25, 0.3) is 0 Å². The molecule has 0 saturated carbocycles. The predicted molar refractivity (Wildman–Crippen MR) is 87.4 cm³/mol. The zero-order valence-electron chi connectivity index (χ0n) is 12.9. The number of aromatic nitrogens is 4. The Balaban J connectivity index is 1.47. The largest absolute Gasteiger partial charge is 0.351 e. The van der Waals surface area contributed by atoms with Crippen LogP contribution in [0.4, 0.5) is 5.69 Å². The molecule has 0 radical (unpaired) electrons. The molecule has 1 aromatic carbocycles. The van der Waals surface area contributed by atoms with Crippen molar-refractivity contribution in [3.8, 4) is 0 Å². The van der Waals surface area contributed by atoms with Crippen molar-refractivity contribution in [1.82, 2.24) is 25.5 Å². The van der Waals surface area contributed by atoms with Crippen LogP contribution in [0.25, 0.3) is 0 Å². The maximum absolute atomic E-state index is 12.1. The zero-order valence-corrected chi connectivity index (χ0v) is 13.7. The fourth-order valence-corrected chi connectivity index (χ4v) is 2.79. The van der Waals surface area contributed by atoms with E-state index < -0.39 is 0 Å². The zero-order chi connectivity index (χ0) is 16.9. The minimum Gasteiger partial charge on any atom is -0.351 e. The van der Waals surface area contributed by atoms with Gasteiger partial charge in [-0.2, -0.15) is 0 Å². The number of amides is 2. The van der Waals surface area contributed by atoms with Crippen LogP contribution in [0.3, 0.4) is 0 Å². The van der Waals surface area contributed by atoms with Crippen LogP contribution < -0.4 is 10.2 Å². The number of benzene rings is 1. The first-order valence-corrected chi connectivity index (χ1v) is 8.05. The van der Waals surface area contributed by atoms with Crippen LogP contribution in [0.1, 0.15) is 19.3 Å². The Bertz CT molecular complexity index is 703. The van der Waals surface area contributed by atoms with E-state index in [1.165, 1.54) is 6.33 Å². The molecule has 1 aromatic heterocycles. The number of hydrogen-bond acceptors (Lipinski definition) is 5. The third-order valence-electron chi connectivity index (χ3n) is 3.81. The summed E-state index contributed by atoms with van der Waals surface area (Å²) in [5, 5.41) is 14.3. The van der Waals surface area contributed by atoms with E-state index in [9.17, 15) is 9.59 Å².